The Morgan fingerprint density at radius 1 is 0.941 bits per heavy atom. The molecule has 0 saturated carbocycles. The summed E-state index contributed by atoms with van der Waals surface area (Å²) < 4.78 is 0. The van der Waals surface area contributed by atoms with Gasteiger partial charge in [-0.25, -0.2) is 0 Å². The number of hydrogen-bond acceptors (Lipinski definition) is 2. The maximum absolute atomic E-state index is 11.3. The predicted octanol–water partition coefficient (Wildman–Crippen LogP) is 3.50. The molecule has 0 amide bonds. The summed E-state index contributed by atoms with van der Waals surface area (Å²) in [5.41, 5.74) is 1.55. The Balaban J connectivity index is 4.79. The van der Waals surface area contributed by atoms with Crippen molar-refractivity contribution in [1.29, 1.82) is 0 Å². The molecule has 0 aromatic rings. The zero-order chi connectivity index (χ0) is 13.4. The summed E-state index contributed by atoms with van der Waals surface area (Å²) in [7, 11) is 0. The fourth-order valence-electron chi connectivity index (χ4n) is 1.41. The average Bonchev–Trinajstić information content (AvgIpc) is 2.21. The van der Waals surface area contributed by atoms with Gasteiger partial charge >= 0.3 is 0 Å². The first kappa shape index (κ1) is 15.6. The second-order valence-electron chi connectivity index (χ2n) is 4.66. The van der Waals surface area contributed by atoms with Crippen LogP contribution in [0, 0.1) is 11.8 Å². The van der Waals surface area contributed by atoms with Gasteiger partial charge in [0.15, 0.2) is 5.78 Å². The summed E-state index contributed by atoms with van der Waals surface area (Å²) in [6, 6.07) is 0. The van der Waals surface area contributed by atoms with Crippen LogP contribution < -0.4 is 0 Å². The monoisotopic (exact) mass is 234 g/mol. The van der Waals surface area contributed by atoms with Crippen LogP contribution in [-0.4, -0.2) is 12.1 Å². The zero-order valence-electron chi connectivity index (χ0n) is 11.4. The molecule has 0 heterocycles. The molecule has 0 fully saturated rings. The van der Waals surface area contributed by atoms with E-state index in [1.165, 1.54) is 0 Å². The van der Waals surface area contributed by atoms with Crippen molar-refractivity contribution in [3.05, 3.63) is 35.5 Å². The molecule has 0 unspecified atom stereocenters. The SMILES string of the molecule is CC(=O)C(=CC=CC=C(C=O)C(C)C)C(C)C. The number of carbonyl (C=O) groups excluding carboxylic acids is 2. The third kappa shape index (κ3) is 6.00. The predicted molar refractivity (Wildman–Crippen MR) is 71.7 cm³/mol. The highest BCUT2D eigenvalue weighted by Crippen LogP contribution is 2.11. The van der Waals surface area contributed by atoms with Crippen LogP contribution in [0.2, 0.25) is 0 Å². The van der Waals surface area contributed by atoms with Gasteiger partial charge in [0.1, 0.15) is 6.29 Å². The van der Waals surface area contributed by atoms with Crippen molar-refractivity contribution in [2.24, 2.45) is 11.8 Å². The smallest absolute Gasteiger partial charge is 0.156 e. The minimum absolute atomic E-state index is 0.0908. The molecule has 94 valence electrons. The van der Waals surface area contributed by atoms with Crippen LogP contribution in [0.25, 0.3) is 0 Å². The molecule has 0 aromatic carbocycles. The van der Waals surface area contributed by atoms with Crippen LogP contribution in [0.4, 0.5) is 0 Å². The Hall–Kier alpha value is -1.44. The first-order valence-corrected chi connectivity index (χ1v) is 5.94. The molecule has 17 heavy (non-hydrogen) atoms. The number of hydrogen-bond donors (Lipinski definition) is 0. The van der Waals surface area contributed by atoms with Gasteiger partial charge in [0.2, 0.25) is 0 Å². The highest BCUT2D eigenvalue weighted by atomic mass is 16.1. The number of carbonyl (C=O) groups is 2. The lowest BCUT2D eigenvalue weighted by Gasteiger charge is -2.05. The van der Waals surface area contributed by atoms with Crippen LogP contribution in [-0.2, 0) is 9.59 Å². The molecule has 0 atom stereocenters. The van der Waals surface area contributed by atoms with E-state index in [2.05, 4.69) is 0 Å². The van der Waals surface area contributed by atoms with Gasteiger partial charge < -0.3 is 0 Å². The Bertz CT molecular complexity index is 355. The second kappa shape index (κ2) is 7.77. The molecule has 0 rings (SSSR count). The highest BCUT2D eigenvalue weighted by Gasteiger charge is 2.06. The molecule has 0 bridgehead atoms. The average molecular weight is 234 g/mol. The number of rotatable bonds is 6. The molecular formula is C15H22O2. The van der Waals surface area contributed by atoms with E-state index in [1.54, 1.807) is 19.1 Å². The van der Waals surface area contributed by atoms with Gasteiger partial charge in [0.05, 0.1) is 0 Å². The van der Waals surface area contributed by atoms with E-state index in [1.807, 2.05) is 39.8 Å². The number of ketones is 1. The van der Waals surface area contributed by atoms with E-state index in [9.17, 15) is 9.59 Å². The third-order valence-corrected chi connectivity index (χ3v) is 2.51. The van der Waals surface area contributed by atoms with E-state index in [-0.39, 0.29) is 17.6 Å². The molecule has 0 aromatic heterocycles. The number of allylic oxidation sites excluding steroid dienone is 6. The topological polar surface area (TPSA) is 34.1 Å². The van der Waals surface area contributed by atoms with Crippen molar-refractivity contribution < 1.29 is 9.59 Å². The maximum atomic E-state index is 11.3. The molecule has 2 heteroatoms. The first-order valence-electron chi connectivity index (χ1n) is 5.94. The van der Waals surface area contributed by atoms with Crippen LogP contribution in [0.3, 0.4) is 0 Å². The van der Waals surface area contributed by atoms with Crippen LogP contribution in [0.1, 0.15) is 34.6 Å². The maximum Gasteiger partial charge on any atom is 0.156 e. The molecule has 0 spiro atoms. The minimum Gasteiger partial charge on any atom is -0.298 e. The first-order chi connectivity index (χ1) is 7.90. The van der Waals surface area contributed by atoms with Crippen LogP contribution in [0.15, 0.2) is 35.5 Å². The lowest BCUT2D eigenvalue weighted by molar-refractivity contribution is -0.114. The molecule has 0 saturated heterocycles. The van der Waals surface area contributed by atoms with Crippen molar-refractivity contribution in [2.45, 2.75) is 34.6 Å². The van der Waals surface area contributed by atoms with Crippen molar-refractivity contribution in [2.75, 3.05) is 0 Å². The molecule has 0 aliphatic carbocycles. The summed E-state index contributed by atoms with van der Waals surface area (Å²) in [4.78, 5) is 22.0. The van der Waals surface area contributed by atoms with Crippen molar-refractivity contribution in [1.82, 2.24) is 0 Å². The van der Waals surface area contributed by atoms with Gasteiger partial charge in [-0.15, -0.1) is 0 Å². The standard InChI is InChI=1S/C15H22O2/c1-11(2)14(10-16)8-6-7-9-15(12(3)4)13(5)17/h6-12H,1-5H3. The molecule has 0 aliphatic rings. The minimum atomic E-state index is 0.0908. The van der Waals surface area contributed by atoms with Gasteiger partial charge in [-0.05, 0) is 29.9 Å². The lowest BCUT2D eigenvalue weighted by Crippen LogP contribution is -2.03. The fraction of sp³-hybridized carbons (Fsp3) is 0.467. The van der Waals surface area contributed by atoms with Crippen molar-refractivity contribution in [3.8, 4) is 0 Å². The summed E-state index contributed by atoms with van der Waals surface area (Å²) in [5.74, 6) is 0.531. The molecule has 0 aliphatic heterocycles. The molecule has 0 N–H and O–H groups in total. The van der Waals surface area contributed by atoms with Gasteiger partial charge in [-0.1, -0.05) is 52.0 Å². The number of Topliss-reactive ketones (excluding diaryl/α,β-unsaturated/α-hetero) is 1. The molecular weight excluding hydrogens is 212 g/mol. The summed E-state index contributed by atoms with van der Waals surface area (Å²) in [6.45, 7) is 9.49. The van der Waals surface area contributed by atoms with E-state index < -0.39 is 0 Å². The van der Waals surface area contributed by atoms with Crippen molar-refractivity contribution in [3.63, 3.8) is 0 Å². The third-order valence-electron chi connectivity index (χ3n) is 2.51. The number of aldehydes is 1. The van der Waals surface area contributed by atoms with E-state index in [0.717, 1.165) is 17.4 Å². The zero-order valence-corrected chi connectivity index (χ0v) is 11.4. The Morgan fingerprint density at radius 2 is 1.47 bits per heavy atom. The van der Waals surface area contributed by atoms with E-state index >= 15 is 0 Å². The lowest BCUT2D eigenvalue weighted by atomic mass is 9.99. The summed E-state index contributed by atoms with van der Waals surface area (Å²) in [6.07, 6.45) is 8.07. The van der Waals surface area contributed by atoms with Crippen LogP contribution in [0.5, 0.6) is 0 Å². The van der Waals surface area contributed by atoms with E-state index in [4.69, 9.17) is 0 Å². The van der Waals surface area contributed by atoms with Crippen LogP contribution >= 0.6 is 0 Å². The normalized spacial score (nSPS) is 13.8. The Kier molecular flexibility index (Phi) is 7.11. The Morgan fingerprint density at radius 3 is 1.82 bits per heavy atom. The van der Waals surface area contributed by atoms with Crippen molar-refractivity contribution >= 4 is 12.1 Å². The quantitative estimate of drug-likeness (QED) is 0.400. The largest absolute Gasteiger partial charge is 0.298 e. The Labute approximate surface area is 104 Å². The highest BCUT2D eigenvalue weighted by molar-refractivity contribution is 5.93. The van der Waals surface area contributed by atoms with Gasteiger partial charge in [-0.3, -0.25) is 9.59 Å². The molecule has 2 nitrogen and oxygen atoms in total. The second-order valence-corrected chi connectivity index (χ2v) is 4.66. The fourth-order valence-corrected chi connectivity index (χ4v) is 1.41. The van der Waals surface area contributed by atoms with Gasteiger partial charge in [-0.2, -0.15) is 0 Å². The van der Waals surface area contributed by atoms with Gasteiger partial charge in [0, 0.05) is 0 Å². The van der Waals surface area contributed by atoms with E-state index in [0.29, 0.717) is 0 Å². The van der Waals surface area contributed by atoms with Gasteiger partial charge in [0.25, 0.3) is 0 Å². The summed E-state index contributed by atoms with van der Waals surface area (Å²) in [5, 5.41) is 0. The summed E-state index contributed by atoms with van der Waals surface area (Å²) >= 11 is 0. The molecule has 0 radical (unpaired) electrons.